The number of aliphatic hydroxyl groups is 1. The quantitative estimate of drug-likeness (QED) is 0.452. The average molecular weight is 447 g/mol. The minimum Gasteiger partial charge on any atom is -0.490 e. The molecule has 0 spiro atoms. The van der Waals surface area contributed by atoms with Crippen molar-refractivity contribution in [2.24, 2.45) is 0 Å². The maximum Gasteiger partial charge on any atom is 0.414 e. The van der Waals surface area contributed by atoms with E-state index in [4.69, 9.17) is 24.5 Å². The number of carboxylic acid groups (broad SMARTS) is 2. The molecule has 0 saturated carbocycles. The summed E-state index contributed by atoms with van der Waals surface area (Å²) in [7, 11) is 0. The number of fused-ring (bicyclic) bond motifs is 1. The molecular formula is C22H26N2O6S. The largest absolute Gasteiger partial charge is 0.490 e. The minimum atomic E-state index is -1.82. The number of hydrogen-bond acceptors (Lipinski definition) is 7. The van der Waals surface area contributed by atoms with Crippen molar-refractivity contribution in [1.29, 1.82) is 0 Å². The molecule has 2 aromatic carbocycles. The Hall–Kier alpha value is -3.01. The first-order valence-electron chi connectivity index (χ1n) is 9.66. The number of aliphatic carboxylic acids is 2. The Morgan fingerprint density at radius 3 is 2.35 bits per heavy atom. The minimum absolute atomic E-state index is 0.271. The topological polar surface area (TPSA) is 120 Å². The van der Waals surface area contributed by atoms with E-state index in [0.717, 1.165) is 22.4 Å². The Labute approximate surface area is 184 Å². The Kier molecular flexibility index (Phi) is 9.39. The molecule has 0 amide bonds. The van der Waals surface area contributed by atoms with Crippen molar-refractivity contribution >= 4 is 33.6 Å². The molecule has 1 unspecified atom stereocenters. The van der Waals surface area contributed by atoms with Crippen LogP contribution in [0.2, 0.25) is 0 Å². The summed E-state index contributed by atoms with van der Waals surface area (Å²) in [5.74, 6) is -2.87. The Bertz CT molecular complexity index is 964. The van der Waals surface area contributed by atoms with E-state index >= 15 is 0 Å². The van der Waals surface area contributed by atoms with Crippen molar-refractivity contribution in [3.8, 4) is 5.75 Å². The second-order valence-electron chi connectivity index (χ2n) is 7.08. The number of ether oxygens (including phenoxy) is 1. The zero-order chi connectivity index (χ0) is 22.8. The molecule has 8 nitrogen and oxygen atoms in total. The van der Waals surface area contributed by atoms with Gasteiger partial charge in [-0.2, -0.15) is 4.37 Å². The first kappa shape index (κ1) is 24.3. The predicted molar refractivity (Wildman–Crippen MR) is 118 cm³/mol. The summed E-state index contributed by atoms with van der Waals surface area (Å²) in [6, 6.07) is 16.6. The zero-order valence-corrected chi connectivity index (χ0v) is 18.2. The van der Waals surface area contributed by atoms with Crippen LogP contribution in [0, 0.1) is 0 Å². The smallest absolute Gasteiger partial charge is 0.414 e. The number of carbonyl (C=O) groups is 2. The number of rotatable bonds is 8. The Morgan fingerprint density at radius 1 is 1.06 bits per heavy atom. The molecule has 0 aliphatic carbocycles. The molecule has 9 heteroatoms. The summed E-state index contributed by atoms with van der Waals surface area (Å²) in [5, 5.41) is 26.2. The van der Waals surface area contributed by atoms with E-state index in [2.05, 4.69) is 35.3 Å². The fourth-order valence-corrected chi connectivity index (χ4v) is 3.44. The molecule has 31 heavy (non-hydrogen) atoms. The number of nitrogens with zero attached hydrogens (tertiary/aromatic N) is 2. The molecule has 0 radical (unpaired) electrons. The molecule has 166 valence electrons. The molecule has 1 aromatic heterocycles. The maximum absolute atomic E-state index is 10.5. The van der Waals surface area contributed by atoms with Crippen LogP contribution in [0.25, 0.3) is 10.1 Å². The molecule has 3 rings (SSSR count). The molecule has 0 fully saturated rings. The van der Waals surface area contributed by atoms with Crippen molar-refractivity contribution < 1.29 is 29.6 Å². The Balaban J connectivity index is 0.000000501. The van der Waals surface area contributed by atoms with E-state index in [-0.39, 0.29) is 6.61 Å². The maximum atomic E-state index is 10.5. The van der Waals surface area contributed by atoms with Crippen molar-refractivity contribution in [3.63, 3.8) is 0 Å². The highest BCUT2D eigenvalue weighted by Gasteiger charge is 2.16. The number of carboxylic acids is 2. The summed E-state index contributed by atoms with van der Waals surface area (Å²) >= 11 is 1.45. The lowest BCUT2D eigenvalue weighted by molar-refractivity contribution is -0.159. The van der Waals surface area contributed by atoms with Gasteiger partial charge < -0.3 is 20.1 Å². The number of aromatic nitrogens is 1. The van der Waals surface area contributed by atoms with Gasteiger partial charge >= 0.3 is 11.9 Å². The van der Waals surface area contributed by atoms with Gasteiger partial charge in [0.15, 0.2) is 0 Å². The Morgan fingerprint density at radius 2 is 1.74 bits per heavy atom. The molecule has 0 aliphatic rings. The standard InChI is InChI=1S/C20H24N2O2S.C2H2O4/c1-15(2)22(12-16-7-4-3-5-8-16)13-17(23)14-24-19-9-6-10-20-18(19)11-21-25-20;3-1(4)2(5)6/h3-11,15,17,23H,12-14H2,1-2H3;(H,3,4)(H,5,6). The van der Waals surface area contributed by atoms with Gasteiger partial charge in [-0.05, 0) is 43.1 Å². The van der Waals surface area contributed by atoms with Crippen LogP contribution in [0.15, 0.2) is 54.7 Å². The molecular weight excluding hydrogens is 420 g/mol. The summed E-state index contributed by atoms with van der Waals surface area (Å²) in [6.45, 7) is 5.96. The van der Waals surface area contributed by atoms with Gasteiger partial charge in [-0.1, -0.05) is 36.4 Å². The number of hydrogen-bond donors (Lipinski definition) is 3. The van der Waals surface area contributed by atoms with Gasteiger partial charge in [0.25, 0.3) is 0 Å². The third kappa shape index (κ3) is 7.97. The van der Waals surface area contributed by atoms with Crippen LogP contribution >= 0.6 is 11.5 Å². The third-order valence-corrected chi connectivity index (χ3v) is 5.14. The highest BCUT2D eigenvalue weighted by atomic mass is 32.1. The van der Waals surface area contributed by atoms with Gasteiger partial charge in [-0.3, -0.25) is 4.90 Å². The average Bonchev–Trinajstić information content (AvgIpc) is 3.22. The van der Waals surface area contributed by atoms with E-state index < -0.39 is 18.0 Å². The molecule has 3 aromatic rings. The van der Waals surface area contributed by atoms with Gasteiger partial charge in [0, 0.05) is 19.1 Å². The second kappa shape index (κ2) is 12.0. The van der Waals surface area contributed by atoms with Gasteiger partial charge in [0.1, 0.15) is 18.5 Å². The van der Waals surface area contributed by atoms with E-state index in [9.17, 15) is 5.11 Å². The normalized spacial score (nSPS) is 11.8. The lowest BCUT2D eigenvalue weighted by Crippen LogP contribution is -2.39. The van der Waals surface area contributed by atoms with E-state index in [0.29, 0.717) is 12.6 Å². The van der Waals surface area contributed by atoms with Crippen molar-refractivity contribution in [1.82, 2.24) is 9.27 Å². The molecule has 0 aliphatic heterocycles. The fourth-order valence-electron chi connectivity index (χ4n) is 2.78. The highest BCUT2D eigenvalue weighted by molar-refractivity contribution is 7.13. The highest BCUT2D eigenvalue weighted by Crippen LogP contribution is 2.27. The first-order chi connectivity index (χ1) is 14.8. The molecule has 0 bridgehead atoms. The van der Waals surface area contributed by atoms with E-state index in [1.165, 1.54) is 17.1 Å². The fraction of sp³-hybridized carbons (Fsp3) is 0.318. The van der Waals surface area contributed by atoms with E-state index in [1.807, 2.05) is 42.6 Å². The monoisotopic (exact) mass is 446 g/mol. The van der Waals surface area contributed by atoms with Crippen LogP contribution in [0.3, 0.4) is 0 Å². The van der Waals surface area contributed by atoms with Gasteiger partial charge in [-0.25, -0.2) is 9.59 Å². The van der Waals surface area contributed by atoms with Crippen LogP contribution < -0.4 is 4.74 Å². The summed E-state index contributed by atoms with van der Waals surface area (Å²) < 4.78 is 11.2. The number of aliphatic hydroxyl groups excluding tert-OH is 1. The van der Waals surface area contributed by atoms with Crippen LogP contribution in [-0.4, -0.2) is 61.8 Å². The molecule has 1 heterocycles. The van der Waals surface area contributed by atoms with Gasteiger partial charge in [0.2, 0.25) is 0 Å². The predicted octanol–water partition coefficient (Wildman–Crippen LogP) is 3.10. The second-order valence-corrected chi connectivity index (χ2v) is 7.91. The van der Waals surface area contributed by atoms with Crippen molar-refractivity contribution in [3.05, 3.63) is 60.3 Å². The summed E-state index contributed by atoms with van der Waals surface area (Å²) in [6.07, 6.45) is 1.27. The molecule has 1 atom stereocenters. The number of benzene rings is 2. The van der Waals surface area contributed by atoms with Crippen molar-refractivity contribution in [2.75, 3.05) is 13.2 Å². The van der Waals surface area contributed by atoms with Crippen LogP contribution in [0.4, 0.5) is 0 Å². The van der Waals surface area contributed by atoms with Gasteiger partial charge in [0.05, 0.1) is 16.3 Å². The third-order valence-electron chi connectivity index (χ3n) is 4.38. The van der Waals surface area contributed by atoms with Crippen molar-refractivity contribution in [2.45, 2.75) is 32.5 Å². The lowest BCUT2D eigenvalue weighted by Gasteiger charge is -2.28. The zero-order valence-electron chi connectivity index (χ0n) is 17.3. The van der Waals surface area contributed by atoms with Crippen LogP contribution in [0.5, 0.6) is 5.75 Å². The van der Waals surface area contributed by atoms with Crippen LogP contribution in [0.1, 0.15) is 19.4 Å². The SMILES string of the molecule is CC(C)N(Cc1ccccc1)CC(O)COc1cccc2sncc12.O=C(O)C(=O)O. The summed E-state index contributed by atoms with van der Waals surface area (Å²) in [4.78, 5) is 20.5. The lowest BCUT2D eigenvalue weighted by atomic mass is 10.1. The first-order valence-corrected chi connectivity index (χ1v) is 10.4. The van der Waals surface area contributed by atoms with E-state index in [1.54, 1.807) is 0 Å². The molecule has 0 saturated heterocycles. The summed E-state index contributed by atoms with van der Waals surface area (Å²) in [5.41, 5.74) is 1.25. The van der Waals surface area contributed by atoms with Crippen LogP contribution in [-0.2, 0) is 16.1 Å². The molecule has 3 N–H and O–H groups in total. The van der Waals surface area contributed by atoms with Gasteiger partial charge in [-0.15, -0.1) is 0 Å².